The summed E-state index contributed by atoms with van der Waals surface area (Å²) in [6.45, 7) is 1.22. The van der Waals surface area contributed by atoms with Crippen molar-refractivity contribution in [1.29, 1.82) is 0 Å². The van der Waals surface area contributed by atoms with E-state index in [4.69, 9.17) is 4.74 Å². The second kappa shape index (κ2) is 9.46. The zero-order valence-corrected chi connectivity index (χ0v) is 19.3. The van der Waals surface area contributed by atoms with Gasteiger partial charge in [-0.05, 0) is 23.8 Å². The molecule has 1 aliphatic rings. The monoisotopic (exact) mass is 471 g/mol. The van der Waals surface area contributed by atoms with Crippen molar-refractivity contribution in [2.24, 2.45) is 0 Å². The molecule has 0 aliphatic carbocycles. The van der Waals surface area contributed by atoms with E-state index in [0.29, 0.717) is 42.0 Å². The molecule has 0 spiro atoms. The molecule has 35 heavy (non-hydrogen) atoms. The van der Waals surface area contributed by atoms with Gasteiger partial charge in [-0.3, -0.25) is 14.7 Å². The summed E-state index contributed by atoms with van der Waals surface area (Å²) >= 11 is 0. The molecule has 9 nitrogen and oxygen atoms in total. The molecule has 3 N–H and O–H groups in total. The first kappa shape index (κ1) is 22.4. The molecule has 3 heterocycles. The van der Waals surface area contributed by atoms with Gasteiger partial charge in [0.05, 0.1) is 31.3 Å². The SMILES string of the molecule is COC(=O)c1ccccc1CC(=O)NCc1n[nH]c2c1CN(C(=O)c1cc3ccccc3[nH]1)CC2. The Kier molecular flexibility index (Phi) is 6.05. The summed E-state index contributed by atoms with van der Waals surface area (Å²) in [5.41, 5.74) is 5.04. The summed E-state index contributed by atoms with van der Waals surface area (Å²) in [6, 6.07) is 16.5. The second-order valence-electron chi connectivity index (χ2n) is 8.48. The van der Waals surface area contributed by atoms with E-state index >= 15 is 0 Å². The summed E-state index contributed by atoms with van der Waals surface area (Å²) in [5.74, 6) is -0.781. The fourth-order valence-corrected chi connectivity index (χ4v) is 4.43. The molecule has 178 valence electrons. The van der Waals surface area contributed by atoms with Crippen molar-refractivity contribution in [1.82, 2.24) is 25.4 Å². The Labute approximate surface area is 201 Å². The maximum atomic E-state index is 13.1. The number of hydrogen-bond donors (Lipinski definition) is 3. The molecule has 0 bridgehead atoms. The van der Waals surface area contributed by atoms with Crippen molar-refractivity contribution in [3.8, 4) is 0 Å². The van der Waals surface area contributed by atoms with Crippen molar-refractivity contribution in [3.05, 3.63) is 88.4 Å². The highest BCUT2D eigenvalue weighted by molar-refractivity contribution is 5.98. The summed E-state index contributed by atoms with van der Waals surface area (Å²) in [7, 11) is 1.31. The first-order chi connectivity index (χ1) is 17.0. The van der Waals surface area contributed by atoms with Gasteiger partial charge in [0.25, 0.3) is 5.91 Å². The van der Waals surface area contributed by atoms with E-state index in [1.54, 1.807) is 29.2 Å². The van der Waals surface area contributed by atoms with E-state index in [1.807, 2.05) is 30.3 Å². The molecule has 2 amide bonds. The Morgan fingerprint density at radius 2 is 1.91 bits per heavy atom. The van der Waals surface area contributed by atoms with Gasteiger partial charge in [0, 0.05) is 41.7 Å². The lowest BCUT2D eigenvalue weighted by molar-refractivity contribution is -0.120. The van der Waals surface area contributed by atoms with Crippen LogP contribution in [0.4, 0.5) is 0 Å². The summed E-state index contributed by atoms with van der Waals surface area (Å²) in [4.78, 5) is 42.7. The van der Waals surface area contributed by atoms with Gasteiger partial charge in [-0.1, -0.05) is 36.4 Å². The summed E-state index contributed by atoms with van der Waals surface area (Å²) < 4.78 is 4.80. The van der Waals surface area contributed by atoms with Crippen LogP contribution in [0.5, 0.6) is 0 Å². The van der Waals surface area contributed by atoms with E-state index in [-0.39, 0.29) is 24.8 Å². The van der Waals surface area contributed by atoms with E-state index in [2.05, 4.69) is 20.5 Å². The number of methoxy groups -OCH3 is 1. The van der Waals surface area contributed by atoms with Crippen LogP contribution < -0.4 is 5.32 Å². The lowest BCUT2D eigenvalue weighted by Crippen LogP contribution is -2.36. The molecule has 1 aliphatic heterocycles. The van der Waals surface area contributed by atoms with Gasteiger partial charge in [-0.25, -0.2) is 4.79 Å². The topological polar surface area (TPSA) is 120 Å². The molecular weight excluding hydrogens is 446 g/mol. The predicted octanol–water partition coefficient (Wildman–Crippen LogP) is 2.74. The van der Waals surface area contributed by atoms with Gasteiger partial charge in [0.1, 0.15) is 5.69 Å². The van der Waals surface area contributed by atoms with Gasteiger partial charge >= 0.3 is 5.97 Å². The Hall–Kier alpha value is -4.40. The molecule has 5 rings (SSSR count). The molecule has 0 atom stereocenters. The Morgan fingerprint density at radius 3 is 2.74 bits per heavy atom. The number of esters is 1. The molecular formula is C26H25N5O4. The number of amides is 2. The van der Waals surface area contributed by atoms with Gasteiger partial charge < -0.3 is 19.9 Å². The van der Waals surface area contributed by atoms with Crippen molar-refractivity contribution < 1.29 is 19.1 Å². The molecule has 0 unspecified atom stereocenters. The smallest absolute Gasteiger partial charge is 0.338 e. The van der Waals surface area contributed by atoms with Gasteiger partial charge in [0.15, 0.2) is 0 Å². The highest BCUT2D eigenvalue weighted by Gasteiger charge is 2.27. The number of fused-ring (bicyclic) bond motifs is 2. The molecule has 0 radical (unpaired) electrons. The number of ether oxygens (including phenoxy) is 1. The van der Waals surface area contributed by atoms with Gasteiger partial charge in [-0.15, -0.1) is 0 Å². The van der Waals surface area contributed by atoms with Crippen LogP contribution in [0.15, 0.2) is 54.6 Å². The Morgan fingerprint density at radius 1 is 1.11 bits per heavy atom. The Balaban J connectivity index is 1.25. The first-order valence-corrected chi connectivity index (χ1v) is 11.4. The molecule has 9 heteroatoms. The molecule has 0 fully saturated rings. The number of carbonyl (C=O) groups excluding carboxylic acids is 3. The molecule has 0 saturated heterocycles. The van der Waals surface area contributed by atoms with Gasteiger partial charge in [-0.2, -0.15) is 5.10 Å². The summed E-state index contributed by atoms with van der Waals surface area (Å²) in [5, 5.41) is 11.3. The van der Waals surface area contributed by atoms with Crippen LogP contribution in [-0.2, 0) is 35.5 Å². The number of carbonyl (C=O) groups is 3. The van der Waals surface area contributed by atoms with E-state index in [1.165, 1.54) is 7.11 Å². The number of H-pyrrole nitrogens is 2. The van der Waals surface area contributed by atoms with Crippen molar-refractivity contribution >= 4 is 28.7 Å². The van der Waals surface area contributed by atoms with Gasteiger partial charge in [0.2, 0.25) is 5.91 Å². The number of rotatable bonds is 6. The average molecular weight is 472 g/mol. The number of nitrogens with zero attached hydrogens (tertiary/aromatic N) is 2. The number of hydrogen-bond acceptors (Lipinski definition) is 5. The van der Waals surface area contributed by atoms with Crippen LogP contribution in [0.25, 0.3) is 10.9 Å². The predicted molar refractivity (Wildman–Crippen MR) is 129 cm³/mol. The molecule has 2 aromatic heterocycles. The number of nitrogens with one attached hydrogen (secondary N) is 3. The quantitative estimate of drug-likeness (QED) is 0.374. The minimum Gasteiger partial charge on any atom is -0.465 e. The molecule has 2 aromatic carbocycles. The number of para-hydroxylation sites is 1. The number of aromatic amines is 2. The van der Waals surface area contributed by atoms with Crippen molar-refractivity contribution in [2.45, 2.75) is 25.9 Å². The largest absolute Gasteiger partial charge is 0.465 e. The molecule has 0 saturated carbocycles. The maximum Gasteiger partial charge on any atom is 0.338 e. The Bertz CT molecular complexity index is 1390. The first-order valence-electron chi connectivity index (χ1n) is 11.4. The highest BCUT2D eigenvalue weighted by atomic mass is 16.5. The minimum absolute atomic E-state index is 0.0445. The maximum absolute atomic E-state index is 13.1. The highest BCUT2D eigenvalue weighted by Crippen LogP contribution is 2.23. The fraction of sp³-hybridized carbons (Fsp3) is 0.231. The van der Waals surface area contributed by atoms with Crippen LogP contribution in [-0.4, -0.2) is 51.5 Å². The van der Waals surface area contributed by atoms with Crippen LogP contribution in [0.3, 0.4) is 0 Å². The zero-order chi connectivity index (χ0) is 24.4. The van der Waals surface area contributed by atoms with Crippen LogP contribution >= 0.6 is 0 Å². The van der Waals surface area contributed by atoms with Crippen LogP contribution in [0.1, 0.15) is 43.4 Å². The van der Waals surface area contributed by atoms with E-state index in [9.17, 15) is 14.4 Å². The number of benzene rings is 2. The minimum atomic E-state index is -0.477. The number of aromatic nitrogens is 3. The van der Waals surface area contributed by atoms with Crippen LogP contribution in [0, 0.1) is 0 Å². The van der Waals surface area contributed by atoms with E-state index < -0.39 is 5.97 Å². The lowest BCUT2D eigenvalue weighted by atomic mass is 10.0. The average Bonchev–Trinajstić information content (AvgIpc) is 3.50. The van der Waals surface area contributed by atoms with E-state index in [0.717, 1.165) is 22.2 Å². The summed E-state index contributed by atoms with van der Waals surface area (Å²) in [6.07, 6.45) is 0.706. The zero-order valence-electron chi connectivity index (χ0n) is 19.3. The third kappa shape index (κ3) is 4.52. The normalized spacial score (nSPS) is 12.9. The second-order valence-corrected chi connectivity index (χ2v) is 8.48. The third-order valence-electron chi connectivity index (χ3n) is 6.29. The van der Waals surface area contributed by atoms with Crippen molar-refractivity contribution in [3.63, 3.8) is 0 Å². The lowest BCUT2D eigenvalue weighted by Gasteiger charge is -2.26. The standard InChI is InChI=1S/C26H25N5O4/c1-35-26(34)18-8-4-2-6-16(18)13-24(32)27-14-23-19-15-31(11-10-21(19)29-30-23)25(33)22-12-17-7-3-5-9-20(17)28-22/h2-9,12,28H,10-11,13-15H2,1H3,(H,27,32)(H,29,30). The fourth-order valence-electron chi connectivity index (χ4n) is 4.43. The van der Waals surface area contributed by atoms with Crippen molar-refractivity contribution in [2.75, 3.05) is 13.7 Å². The third-order valence-corrected chi connectivity index (χ3v) is 6.29. The van der Waals surface area contributed by atoms with Crippen LogP contribution in [0.2, 0.25) is 0 Å². The molecule has 4 aromatic rings.